The second-order valence-corrected chi connectivity index (χ2v) is 4.74. The topological polar surface area (TPSA) is 78.9 Å². The lowest BCUT2D eigenvalue weighted by atomic mass is 10.2. The van der Waals surface area contributed by atoms with Gasteiger partial charge in [-0.2, -0.15) is 0 Å². The molecule has 0 saturated heterocycles. The van der Waals surface area contributed by atoms with E-state index >= 15 is 0 Å². The Bertz CT molecular complexity index is 812. The van der Waals surface area contributed by atoms with Crippen LogP contribution in [0.3, 0.4) is 0 Å². The van der Waals surface area contributed by atoms with E-state index in [9.17, 15) is 0 Å². The summed E-state index contributed by atoms with van der Waals surface area (Å²) in [6, 6.07) is 15.2. The van der Waals surface area contributed by atoms with Crippen molar-refractivity contribution in [2.24, 2.45) is 5.73 Å². The van der Waals surface area contributed by atoms with Crippen LogP contribution in [0.4, 0.5) is 11.5 Å². The second-order valence-electron chi connectivity index (χ2n) is 4.74. The van der Waals surface area contributed by atoms with Crippen molar-refractivity contribution >= 4 is 28.4 Å². The maximum atomic E-state index is 7.52. The lowest BCUT2D eigenvalue weighted by Gasteiger charge is -2.19. The van der Waals surface area contributed by atoms with Crippen molar-refractivity contribution in [2.75, 3.05) is 11.9 Å². The molecule has 2 aromatic carbocycles. The van der Waals surface area contributed by atoms with Crippen molar-refractivity contribution < 1.29 is 0 Å². The van der Waals surface area contributed by atoms with Crippen LogP contribution < -0.4 is 10.6 Å². The molecule has 0 atom stereocenters. The fourth-order valence-electron chi connectivity index (χ4n) is 2.12. The Labute approximate surface area is 122 Å². The molecule has 3 N–H and O–H groups in total. The molecule has 0 aliphatic carbocycles. The lowest BCUT2D eigenvalue weighted by Crippen LogP contribution is -2.15. The SMILES string of the molecule is CN(c1cccc(C(=N)N)c1)c1cnc2ccccc2n1. The molecule has 0 aliphatic heterocycles. The molecule has 3 rings (SSSR count). The second kappa shape index (κ2) is 5.20. The third-order valence-electron chi connectivity index (χ3n) is 3.32. The molecular weight excluding hydrogens is 262 g/mol. The van der Waals surface area contributed by atoms with Gasteiger partial charge in [0.1, 0.15) is 5.84 Å². The van der Waals surface area contributed by atoms with E-state index in [0.717, 1.165) is 22.5 Å². The first-order valence-electron chi connectivity index (χ1n) is 6.55. The Kier molecular flexibility index (Phi) is 3.23. The number of nitrogens with zero attached hydrogens (tertiary/aromatic N) is 3. The molecule has 0 fully saturated rings. The number of nitrogen functional groups attached to an aromatic ring is 1. The molecule has 104 valence electrons. The third kappa shape index (κ3) is 2.53. The molecule has 0 bridgehead atoms. The van der Waals surface area contributed by atoms with Crippen LogP contribution >= 0.6 is 0 Å². The standard InChI is InChI=1S/C16H15N5/c1-21(12-6-4-5-11(9-12)16(17)18)15-10-19-13-7-2-3-8-14(13)20-15/h2-10H,1H3,(H3,17,18). The quantitative estimate of drug-likeness (QED) is 0.570. The van der Waals surface area contributed by atoms with Crippen LogP contribution in [-0.4, -0.2) is 22.9 Å². The van der Waals surface area contributed by atoms with E-state index in [2.05, 4.69) is 9.97 Å². The Morgan fingerprint density at radius 3 is 2.62 bits per heavy atom. The Balaban J connectivity index is 2.01. The molecule has 21 heavy (non-hydrogen) atoms. The van der Waals surface area contributed by atoms with Crippen molar-refractivity contribution in [3.05, 3.63) is 60.3 Å². The maximum absolute atomic E-state index is 7.52. The van der Waals surface area contributed by atoms with Gasteiger partial charge < -0.3 is 10.6 Å². The number of hydrogen-bond donors (Lipinski definition) is 2. The summed E-state index contributed by atoms with van der Waals surface area (Å²) in [5, 5.41) is 7.52. The van der Waals surface area contributed by atoms with E-state index in [4.69, 9.17) is 11.1 Å². The minimum absolute atomic E-state index is 0.0508. The van der Waals surface area contributed by atoms with Crippen LogP contribution in [-0.2, 0) is 0 Å². The smallest absolute Gasteiger partial charge is 0.152 e. The molecule has 0 spiro atoms. The number of amidine groups is 1. The van der Waals surface area contributed by atoms with Crippen molar-refractivity contribution in [2.45, 2.75) is 0 Å². The Morgan fingerprint density at radius 1 is 1.10 bits per heavy atom. The monoisotopic (exact) mass is 277 g/mol. The molecule has 0 aliphatic rings. The maximum Gasteiger partial charge on any atom is 0.152 e. The highest BCUT2D eigenvalue weighted by atomic mass is 15.2. The normalized spacial score (nSPS) is 10.5. The van der Waals surface area contributed by atoms with Gasteiger partial charge in [-0.05, 0) is 24.3 Å². The number of aromatic nitrogens is 2. The molecular formula is C16H15N5. The van der Waals surface area contributed by atoms with Crippen LogP contribution in [0.25, 0.3) is 11.0 Å². The largest absolute Gasteiger partial charge is 0.384 e. The van der Waals surface area contributed by atoms with Crippen LogP contribution in [0.1, 0.15) is 5.56 Å². The molecule has 0 saturated carbocycles. The van der Waals surface area contributed by atoms with Gasteiger partial charge in [-0.15, -0.1) is 0 Å². The number of nitrogens with two attached hydrogens (primary N) is 1. The highest BCUT2D eigenvalue weighted by Crippen LogP contribution is 2.23. The molecule has 5 nitrogen and oxygen atoms in total. The van der Waals surface area contributed by atoms with Crippen molar-refractivity contribution in [1.29, 1.82) is 5.41 Å². The number of rotatable bonds is 3. The number of para-hydroxylation sites is 2. The first-order valence-corrected chi connectivity index (χ1v) is 6.55. The molecule has 1 aromatic heterocycles. The molecule has 1 heterocycles. The molecule has 3 aromatic rings. The number of hydrogen-bond acceptors (Lipinski definition) is 4. The number of anilines is 2. The Hall–Kier alpha value is -2.95. The van der Waals surface area contributed by atoms with Crippen LogP contribution in [0, 0.1) is 5.41 Å². The molecule has 0 amide bonds. The summed E-state index contributed by atoms with van der Waals surface area (Å²) in [7, 11) is 1.91. The van der Waals surface area contributed by atoms with E-state index < -0.39 is 0 Å². The van der Waals surface area contributed by atoms with Gasteiger partial charge in [-0.25, -0.2) is 4.98 Å². The number of benzene rings is 2. The van der Waals surface area contributed by atoms with Gasteiger partial charge in [-0.1, -0.05) is 24.3 Å². The van der Waals surface area contributed by atoms with Crippen molar-refractivity contribution in [3.63, 3.8) is 0 Å². The predicted molar refractivity (Wildman–Crippen MR) is 85.1 cm³/mol. The average molecular weight is 277 g/mol. The summed E-state index contributed by atoms with van der Waals surface area (Å²) in [4.78, 5) is 10.9. The van der Waals surface area contributed by atoms with E-state index in [1.165, 1.54) is 0 Å². The van der Waals surface area contributed by atoms with Gasteiger partial charge in [0.25, 0.3) is 0 Å². The lowest BCUT2D eigenvalue weighted by molar-refractivity contribution is 1.12. The summed E-state index contributed by atoms with van der Waals surface area (Å²) >= 11 is 0. The molecule has 0 radical (unpaired) electrons. The molecule has 5 heteroatoms. The van der Waals surface area contributed by atoms with E-state index in [0.29, 0.717) is 5.56 Å². The van der Waals surface area contributed by atoms with E-state index in [1.54, 1.807) is 6.20 Å². The van der Waals surface area contributed by atoms with Crippen LogP contribution in [0.2, 0.25) is 0 Å². The summed E-state index contributed by atoms with van der Waals surface area (Å²) in [6.07, 6.45) is 1.74. The van der Waals surface area contributed by atoms with Gasteiger partial charge in [0.2, 0.25) is 0 Å². The van der Waals surface area contributed by atoms with E-state index in [1.807, 2.05) is 60.5 Å². The van der Waals surface area contributed by atoms with Crippen molar-refractivity contribution in [1.82, 2.24) is 9.97 Å². The first-order chi connectivity index (χ1) is 10.1. The fourth-order valence-corrected chi connectivity index (χ4v) is 2.12. The van der Waals surface area contributed by atoms with Gasteiger partial charge in [0, 0.05) is 18.3 Å². The first kappa shape index (κ1) is 13.1. The summed E-state index contributed by atoms with van der Waals surface area (Å²) in [5.74, 6) is 0.796. The zero-order chi connectivity index (χ0) is 14.8. The predicted octanol–water partition coefficient (Wildman–Crippen LogP) is 2.68. The summed E-state index contributed by atoms with van der Waals surface area (Å²) in [5.41, 5.74) is 8.85. The summed E-state index contributed by atoms with van der Waals surface area (Å²) < 4.78 is 0. The molecule has 0 unspecified atom stereocenters. The van der Waals surface area contributed by atoms with Crippen LogP contribution in [0.5, 0.6) is 0 Å². The number of fused-ring (bicyclic) bond motifs is 1. The zero-order valence-electron chi connectivity index (χ0n) is 11.6. The summed E-state index contributed by atoms with van der Waals surface area (Å²) in [6.45, 7) is 0. The fraction of sp³-hybridized carbons (Fsp3) is 0.0625. The van der Waals surface area contributed by atoms with Gasteiger partial charge in [-0.3, -0.25) is 10.4 Å². The minimum Gasteiger partial charge on any atom is -0.384 e. The zero-order valence-corrected chi connectivity index (χ0v) is 11.6. The van der Waals surface area contributed by atoms with Crippen LogP contribution in [0.15, 0.2) is 54.7 Å². The highest BCUT2D eigenvalue weighted by molar-refractivity contribution is 5.96. The minimum atomic E-state index is 0.0508. The average Bonchev–Trinajstić information content (AvgIpc) is 2.53. The third-order valence-corrected chi connectivity index (χ3v) is 3.32. The van der Waals surface area contributed by atoms with Gasteiger partial charge in [0.05, 0.1) is 17.2 Å². The van der Waals surface area contributed by atoms with E-state index in [-0.39, 0.29) is 5.84 Å². The Morgan fingerprint density at radius 2 is 1.86 bits per heavy atom. The van der Waals surface area contributed by atoms with Gasteiger partial charge >= 0.3 is 0 Å². The van der Waals surface area contributed by atoms with Gasteiger partial charge in [0.15, 0.2) is 5.82 Å². The van der Waals surface area contributed by atoms with Crippen molar-refractivity contribution in [3.8, 4) is 0 Å². The highest BCUT2D eigenvalue weighted by Gasteiger charge is 2.08. The number of nitrogens with one attached hydrogen (secondary N) is 1.